The first kappa shape index (κ1) is 20.8. The molecule has 1 aliphatic carbocycles. The normalized spacial score (nSPS) is 24.1. The van der Waals surface area contributed by atoms with Crippen LogP contribution < -0.4 is 5.32 Å². The van der Waals surface area contributed by atoms with Crippen LogP contribution in [0.5, 0.6) is 0 Å². The van der Waals surface area contributed by atoms with Crippen molar-refractivity contribution in [1.82, 2.24) is 20.0 Å². The second kappa shape index (κ2) is 9.03. The summed E-state index contributed by atoms with van der Waals surface area (Å²) in [5, 5.41) is 3.05. The van der Waals surface area contributed by atoms with Crippen LogP contribution in [0.15, 0.2) is 0 Å². The number of hydrogen-bond donors (Lipinski definition) is 1. The van der Waals surface area contributed by atoms with Gasteiger partial charge in [-0.1, -0.05) is 12.8 Å². The number of carbonyl (C=O) groups is 2. The lowest BCUT2D eigenvalue weighted by Gasteiger charge is -2.43. The van der Waals surface area contributed by atoms with Gasteiger partial charge in [0.15, 0.2) is 0 Å². The maximum absolute atomic E-state index is 13.4. The third-order valence-electron chi connectivity index (χ3n) is 5.90. The van der Waals surface area contributed by atoms with Gasteiger partial charge in [-0.2, -0.15) is 11.8 Å². The molecule has 0 spiro atoms. The molecule has 0 aromatic carbocycles. The standard InChI is InChI=1S/C20H36N4O2S/c1-20(2,3)21-19(26)24-10-8-22(9-11-24)17(16-6-4-5-7-16)18(25)23-12-14-27-15-13-23/h16-17H,4-15H2,1-3H3,(H,21,26). The first-order valence-electron chi connectivity index (χ1n) is 10.5. The number of thioether (sulfide) groups is 1. The smallest absolute Gasteiger partial charge is 0.317 e. The Morgan fingerprint density at radius 3 is 2.07 bits per heavy atom. The van der Waals surface area contributed by atoms with Crippen molar-refractivity contribution in [2.24, 2.45) is 5.92 Å². The Morgan fingerprint density at radius 2 is 1.52 bits per heavy atom. The van der Waals surface area contributed by atoms with Crippen LogP contribution in [0.4, 0.5) is 4.79 Å². The highest BCUT2D eigenvalue weighted by Gasteiger charge is 2.39. The third kappa shape index (κ3) is 5.53. The Kier molecular flexibility index (Phi) is 6.95. The van der Waals surface area contributed by atoms with E-state index >= 15 is 0 Å². The molecule has 0 aromatic heterocycles. The van der Waals surface area contributed by atoms with Gasteiger partial charge in [0, 0.05) is 56.3 Å². The second-order valence-corrected chi connectivity index (χ2v) is 10.4. The zero-order valence-electron chi connectivity index (χ0n) is 17.2. The minimum atomic E-state index is -0.219. The molecule has 0 radical (unpaired) electrons. The van der Waals surface area contributed by atoms with E-state index in [0.717, 1.165) is 37.7 Å². The fourth-order valence-electron chi connectivity index (χ4n) is 4.50. The monoisotopic (exact) mass is 396 g/mol. The summed E-state index contributed by atoms with van der Waals surface area (Å²) in [6.07, 6.45) is 4.84. The summed E-state index contributed by atoms with van der Waals surface area (Å²) in [5.74, 6) is 2.95. The number of rotatable bonds is 3. The first-order valence-corrected chi connectivity index (χ1v) is 11.7. The SMILES string of the molecule is CC(C)(C)NC(=O)N1CCN(C(C(=O)N2CCSCC2)C2CCCC2)CC1. The van der Waals surface area contributed by atoms with E-state index in [1.54, 1.807) is 0 Å². The van der Waals surface area contributed by atoms with Crippen LogP contribution in [-0.2, 0) is 4.79 Å². The molecule has 1 unspecified atom stereocenters. The van der Waals surface area contributed by atoms with Crippen LogP contribution in [0.3, 0.4) is 0 Å². The van der Waals surface area contributed by atoms with Gasteiger partial charge in [0.2, 0.25) is 5.91 Å². The molecular formula is C20H36N4O2S. The van der Waals surface area contributed by atoms with E-state index in [1.807, 2.05) is 37.4 Å². The molecule has 7 heteroatoms. The minimum Gasteiger partial charge on any atom is -0.340 e. The van der Waals surface area contributed by atoms with Crippen molar-refractivity contribution in [2.45, 2.75) is 58.0 Å². The molecule has 0 aromatic rings. The summed E-state index contributed by atoms with van der Waals surface area (Å²) in [6, 6.07) is 0.0300. The average Bonchev–Trinajstić information content (AvgIpc) is 3.16. The average molecular weight is 397 g/mol. The Labute approximate surface area is 168 Å². The van der Waals surface area contributed by atoms with Crippen molar-refractivity contribution in [3.8, 4) is 0 Å². The van der Waals surface area contributed by atoms with Crippen LogP contribution in [0.1, 0.15) is 46.5 Å². The van der Waals surface area contributed by atoms with Crippen LogP contribution in [0, 0.1) is 5.92 Å². The Balaban J connectivity index is 1.62. The molecule has 1 saturated carbocycles. The van der Waals surface area contributed by atoms with Gasteiger partial charge in [0.05, 0.1) is 6.04 Å². The van der Waals surface area contributed by atoms with Crippen molar-refractivity contribution in [3.05, 3.63) is 0 Å². The van der Waals surface area contributed by atoms with E-state index < -0.39 is 0 Å². The van der Waals surface area contributed by atoms with E-state index in [4.69, 9.17) is 0 Å². The van der Waals surface area contributed by atoms with Crippen LogP contribution in [-0.4, -0.2) is 89.0 Å². The third-order valence-corrected chi connectivity index (χ3v) is 6.84. The summed E-state index contributed by atoms with van der Waals surface area (Å²) in [5.41, 5.74) is -0.219. The van der Waals surface area contributed by atoms with Gasteiger partial charge < -0.3 is 15.1 Å². The highest BCUT2D eigenvalue weighted by Crippen LogP contribution is 2.32. The molecule has 3 amide bonds. The van der Waals surface area contributed by atoms with Crippen LogP contribution in [0.25, 0.3) is 0 Å². The van der Waals surface area contributed by atoms with Gasteiger partial charge in [-0.3, -0.25) is 9.69 Å². The quantitative estimate of drug-likeness (QED) is 0.795. The topological polar surface area (TPSA) is 55.9 Å². The van der Waals surface area contributed by atoms with Gasteiger partial charge in [0.25, 0.3) is 0 Å². The van der Waals surface area contributed by atoms with E-state index in [2.05, 4.69) is 15.1 Å². The summed E-state index contributed by atoms with van der Waals surface area (Å²) < 4.78 is 0. The molecule has 3 aliphatic rings. The van der Waals surface area contributed by atoms with Crippen LogP contribution >= 0.6 is 11.8 Å². The number of carbonyl (C=O) groups excluding carboxylic acids is 2. The first-order chi connectivity index (χ1) is 12.8. The highest BCUT2D eigenvalue weighted by molar-refractivity contribution is 7.99. The predicted molar refractivity (Wildman–Crippen MR) is 111 cm³/mol. The highest BCUT2D eigenvalue weighted by atomic mass is 32.2. The lowest BCUT2D eigenvalue weighted by atomic mass is 9.94. The summed E-state index contributed by atoms with van der Waals surface area (Å²) >= 11 is 1.94. The van der Waals surface area contributed by atoms with Crippen LogP contribution in [0.2, 0.25) is 0 Å². The molecule has 2 saturated heterocycles. The Hall–Kier alpha value is -0.950. The molecule has 3 rings (SSSR count). The second-order valence-electron chi connectivity index (χ2n) is 9.13. The van der Waals surface area contributed by atoms with E-state index in [0.29, 0.717) is 24.9 Å². The van der Waals surface area contributed by atoms with Crippen molar-refractivity contribution in [1.29, 1.82) is 0 Å². The summed E-state index contributed by atoms with van der Waals surface area (Å²) in [6.45, 7) is 10.8. The largest absolute Gasteiger partial charge is 0.340 e. The molecule has 154 valence electrons. The number of hydrogen-bond acceptors (Lipinski definition) is 4. The van der Waals surface area contributed by atoms with Crippen molar-refractivity contribution in [2.75, 3.05) is 50.8 Å². The Bertz CT molecular complexity index is 517. The summed E-state index contributed by atoms with van der Waals surface area (Å²) in [4.78, 5) is 32.2. The summed E-state index contributed by atoms with van der Waals surface area (Å²) in [7, 11) is 0. The van der Waals surface area contributed by atoms with Crippen molar-refractivity contribution >= 4 is 23.7 Å². The van der Waals surface area contributed by atoms with Gasteiger partial charge in [-0.25, -0.2) is 4.79 Å². The maximum atomic E-state index is 13.4. The molecule has 27 heavy (non-hydrogen) atoms. The molecule has 0 bridgehead atoms. The predicted octanol–water partition coefficient (Wildman–Crippen LogP) is 2.25. The van der Waals surface area contributed by atoms with Gasteiger partial charge in [0.1, 0.15) is 0 Å². The van der Waals surface area contributed by atoms with E-state index in [1.165, 1.54) is 25.7 Å². The molecule has 2 heterocycles. The Morgan fingerprint density at radius 1 is 0.926 bits per heavy atom. The van der Waals surface area contributed by atoms with Gasteiger partial charge >= 0.3 is 6.03 Å². The minimum absolute atomic E-state index is 0.0129. The van der Waals surface area contributed by atoms with Crippen molar-refractivity contribution < 1.29 is 9.59 Å². The molecule has 6 nitrogen and oxygen atoms in total. The fraction of sp³-hybridized carbons (Fsp3) is 0.900. The molecular weight excluding hydrogens is 360 g/mol. The lowest BCUT2D eigenvalue weighted by Crippen LogP contribution is -2.61. The number of urea groups is 1. The number of piperazine rings is 1. The zero-order valence-corrected chi connectivity index (χ0v) is 18.0. The van der Waals surface area contributed by atoms with Gasteiger partial charge in [-0.05, 0) is 39.5 Å². The lowest BCUT2D eigenvalue weighted by molar-refractivity contribution is -0.139. The number of nitrogens with zero attached hydrogens (tertiary/aromatic N) is 3. The van der Waals surface area contributed by atoms with Crippen molar-refractivity contribution in [3.63, 3.8) is 0 Å². The maximum Gasteiger partial charge on any atom is 0.317 e. The van der Waals surface area contributed by atoms with E-state index in [-0.39, 0.29) is 17.6 Å². The van der Waals surface area contributed by atoms with E-state index in [9.17, 15) is 9.59 Å². The molecule has 1 atom stereocenters. The molecule has 1 N–H and O–H groups in total. The number of amides is 3. The molecule has 2 aliphatic heterocycles. The van der Waals surface area contributed by atoms with Gasteiger partial charge in [-0.15, -0.1) is 0 Å². The number of nitrogens with one attached hydrogen (secondary N) is 1. The molecule has 3 fully saturated rings. The zero-order chi connectivity index (χ0) is 19.4. The fourth-order valence-corrected chi connectivity index (χ4v) is 5.41.